The first kappa shape index (κ1) is 17.0. The van der Waals surface area contributed by atoms with Crippen molar-refractivity contribution in [2.24, 2.45) is 0 Å². The molecule has 0 atom stereocenters. The summed E-state index contributed by atoms with van der Waals surface area (Å²) in [5, 5.41) is 3.34. The van der Waals surface area contributed by atoms with Crippen LogP contribution in [-0.2, 0) is 16.4 Å². The smallest absolute Gasteiger partial charge is 0.153 e. The Labute approximate surface area is 122 Å². The van der Waals surface area contributed by atoms with Crippen LogP contribution in [0.3, 0.4) is 0 Å². The zero-order valence-corrected chi connectivity index (χ0v) is 13.4. The van der Waals surface area contributed by atoms with E-state index >= 15 is 0 Å². The number of benzene rings is 1. The Kier molecular flexibility index (Phi) is 7.02. The summed E-state index contributed by atoms with van der Waals surface area (Å²) < 4.78 is 28.5. The lowest BCUT2D eigenvalue weighted by Crippen LogP contribution is -2.18. The Balaban J connectivity index is 2.64. The van der Waals surface area contributed by atoms with Gasteiger partial charge in [-0.15, -0.1) is 0 Å². The topological polar surface area (TPSA) is 55.4 Å². The molecular weight excluding hydrogens is 274 g/mol. The Bertz CT molecular complexity index is 512. The van der Waals surface area contributed by atoms with E-state index in [4.69, 9.17) is 4.74 Å². The van der Waals surface area contributed by atoms with Crippen molar-refractivity contribution >= 4 is 9.84 Å². The maximum absolute atomic E-state index is 11.4. The predicted molar refractivity (Wildman–Crippen MR) is 83.0 cm³/mol. The molecule has 1 aromatic rings. The van der Waals surface area contributed by atoms with Crippen molar-refractivity contribution in [2.45, 2.75) is 33.7 Å². The largest absolute Gasteiger partial charge is 0.492 e. The fraction of sp³-hybridized carbons (Fsp3) is 0.600. The molecule has 0 bridgehead atoms. The van der Waals surface area contributed by atoms with Crippen molar-refractivity contribution in [3.63, 3.8) is 0 Å². The van der Waals surface area contributed by atoms with Crippen LogP contribution in [-0.4, -0.2) is 33.1 Å². The highest BCUT2D eigenvalue weighted by molar-refractivity contribution is 7.91. The van der Waals surface area contributed by atoms with Crippen molar-refractivity contribution in [3.8, 4) is 5.75 Å². The highest BCUT2D eigenvalue weighted by Crippen LogP contribution is 2.20. The molecule has 0 aliphatic heterocycles. The van der Waals surface area contributed by atoms with Crippen molar-refractivity contribution in [3.05, 3.63) is 29.3 Å². The molecular formula is C15H25NO3S. The lowest BCUT2D eigenvalue weighted by atomic mass is 10.1. The SMILES string of the molecule is CCCNCc1cc(C)ccc1OCCS(=O)(=O)CC. The van der Waals surface area contributed by atoms with Crippen LogP contribution in [0.15, 0.2) is 18.2 Å². The summed E-state index contributed by atoms with van der Waals surface area (Å²) in [5.41, 5.74) is 2.25. The summed E-state index contributed by atoms with van der Waals surface area (Å²) in [7, 11) is -2.97. The molecule has 20 heavy (non-hydrogen) atoms. The van der Waals surface area contributed by atoms with Gasteiger partial charge in [0.25, 0.3) is 0 Å². The summed E-state index contributed by atoms with van der Waals surface area (Å²) in [5.74, 6) is 1.000. The lowest BCUT2D eigenvalue weighted by Gasteiger charge is -2.13. The standard InChI is InChI=1S/C15H25NO3S/c1-4-8-16-12-14-11-13(3)6-7-15(14)19-9-10-20(17,18)5-2/h6-7,11,16H,4-5,8-10,12H2,1-3H3. The molecule has 1 aromatic carbocycles. The van der Waals surface area contributed by atoms with Gasteiger partial charge in [0.2, 0.25) is 0 Å². The van der Waals surface area contributed by atoms with Crippen LogP contribution in [0.1, 0.15) is 31.4 Å². The van der Waals surface area contributed by atoms with Crippen LogP contribution >= 0.6 is 0 Å². The number of hydrogen-bond acceptors (Lipinski definition) is 4. The van der Waals surface area contributed by atoms with Crippen LogP contribution in [0.2, 0.25) is 0 Å². The molecule has 0 aliphatic rings. The van der Waals surface area contributed by atoms with E-state index in [1.165, 1.54) is 5.56 Å². The molecule has 0 aromatic heterocycles. The van der Waals surface area contributed by atoms with Gasteiger partial charge in [0.15, 0.2) is 9.84 Å². The van der Waals surface area contributed by atoms with Crippen LogP contribution in [0, 0.1) is 6.92 Å². The average Bonchev–Trinajstić information content (AvgIpc) is 2.41. The minimum Gasteiger partial charge on any atom is -0.492 e. The van der Waals surface area contributed by atoms with Gasteiger partial charge in [0, 0.05) is 17.9 Å². The monoisotopic (exact) mass is 299 g/mol. The molecule has 1 rings (SSSR count). The average molecular weight is 299 g/mol. The third kappa shape index (κ3) is 5.92. The number of aryl methyl sites for hydroxylation is 1. The number of ether oxygens (including phenoxy) is 1. The van der Waals surface area contributed by atoms with Crippen molar-refractivity contribution < 1.29 is 13.2 Å². The zero-order chi connectivity index (χ0) is 15.0. The quantitative estimate of drug-likeness (QED) is 0.711. The van der Waals surface area contributed by atoms with Gasteiger partial charge in [-0.3, -0.25) is 0 Å². The van der Waals surface area contributed by atoms with E-state index in [1.807, 2.05) is 19.1 Å². The molecule has 0 spiro atoms. The second-order valence-electron chi connectivity index (χ2n) is 4.87. The van der Waals surface area contributed by atoms with Crippen molar-refractivity contribution in [1.82, 2.24) is 5.32 Å². The van der Waals surface area contributed by atoms with Gasteiger partial charge in [-0.05, 0) is 26.0 Å². The van der Waals surface area contributed by atoms with E-state index in [0.717, 1.165) is 30.8 Å². The van der Waals surface area contributed by atoms with Gasteiger partial charge in [-0.2, -0.15) is 0 Å². The second kappa shape index (κ2) is 8.27. The fourth-order valence-electron chi connectivity index (χ4n) is 1.81. The highest BCUT2D eigenvalue weighted by Gasteiger charge is 2.09. The second-order valence-corrected chi connectivity index (χ2v) is 7.35. The van der Waals surface area contributed by atoms with E-state index < -0.39 is 9.84 Å². The highest BCUT2D eigenvalue weighted by atomic mass is 32.2. The fourth-order valence-corrected chi connectivity index (χ4v) is 2.44. The molecule has 0 unspecified atom stereocenters. The van der Waals surface area contributed by atoms with Crippen molar-refractivity contribution in [1.29, 1.82) is 0 Å². The molecule has 1 N–H and O–H groups in total. The third-order valence-corrected chi connectivity index (χ3v) is 4.72. The number of hydrogen-bond donors (Lipinski definition) is 1. The predicted octanol–water partition coefficient (Wildman–Crippen LogP) is 2.31. The summed E-state index contributed by atoms with van der Waals surface area (Å²) in [6.07, 6.45) is 1.08. The summed E-state index contributed by atoms with van der Waals surface area (Å²) >= 11 is 0. The molecule has 4 nitrogen and oxygen atoms in total. The summed E-state index contributed by atoms with van der Waals surface area (Å²) in [4.78, 5) is 0. The van der Waals surface area contributed by atoms with Crippen molar-refractivity contribution in [2.75, 3.05) is 24.7 Å². The normalized spacial score (nSPS) is 11.6. The molecule has 0 fully saturated rings. The van der Waals surface area contributed by atoms with Gasteiger partial charge in [0.1, 0.15) is 12.4 Å². The van der Waals surface area contributed by atoms with E-state index in [1.54, 1.807) is 6.92 Å². The van der Waals surface area contributed by atoms with E-state index in [2.05, 4.69) is 18.3 Å². The van der Waals surface area contributed by atoms with Crippen LogP contribution in [0.5, 0.6) is 5.75 Å². The Morgan fingerprint density at radius 2 is 2.00 bits per heavy atom. The summed E-state index contributed by atoms with van der Waals surface area (Å²) in [6.45, 7) is 7.72. The van der Waals surface area contributed by atoms with Gasteiger partial charge in [-0.25, -0.2) is 8.42 Å². The minimum absolute atomic E-state index is 0.0687. The Morgan fingerprint density at radius 3 is 2.65 bits per heavy atom. The molecule has 0 saturated heterocycles. The van der Waals surface area contributed by atoms with Crippen LogP contribution in [0.4, 0.5) is 0 Å². The Hall–Kier alpha value is -1.07. The van der Waals surface area contributed by atoms with E-state index in [-0.39, 0.29) is 18.1 Å². The molecule has 0 amide bonds. The molecule has 0 saturated carbocycles. The molecule has 0 aliphatic carbocycles. The first-order valence-electron chi connectivity index (χ1n) is 7.12. The molecule has 114 valence electrons. The third-order valence-electron chi connectivity index (χ3n) is 3.05. The number of rotatable bonds is 9. The lowest BCUT2D eigenvalue weighted by molar-refractivity contribution is 0.336. The van der Waals surface area contributed by atoms with Crippen LogP contribution < -0.4 is 10.1 Å². The number of sulfone groups is 1. The van der Waals surface area contributed by atoms with Gasteiger partial charge in [0.05, 0.1) is 5.75 Å². The van der Waals surface area contributed by atoms with Gasteiger partial charge < -0.3 is 10.1 Å². The minimum atomic E-state index is -2.97. The van der Waals surface area contributed by atoms with E-state index in [9.17, 15) is 8.42 Å². The maximum Gasteiger partial charge on any atom is 0.153 e. The van der Waals surface area contributed by atoms with E-state index in [0.29, 0.717) is 0 Å². The molecule has 0 heterocycles. The Morgan fingerprint density at radius 1 is 1.25 bits per heavy atom. The first-order chi connectivity index (χ1) is 9.48. The molecule has 5 heteroatoms. The first-order valence-corrected chi connectivity index (χ1v) is 8.94. The number of nitrogens with one attached hydrogen (secondary N) is 1. The van der Waals surface area contributed by atoms with Gasteiger partial charge in [-0.1, -0.05) is 31.5 Å². The maximum atomic E-state index is 11.4. The zero-order valence-electron chi connectivity index (χ0n) is 12.6. The summed E-state index contributed by atoms with van der Waals surface area (Å²) in [6, 6.07) is 5.97. The van der Waals surface area contributed by atoms with Gasteiger partial charge >= 0.3 is 0 Å². The molecule has 0 radical (unpaired) electrons. The van der Waals surface area contributed by atoms with Crippen LogP contribution in [0.25, 0.3) is 0 Å².